The smallest absolute Gasteiger partial charge is 0.205 e. The largest absolute Gasteiger partial charge is 0.494 e. The maximum Gasteiger partial charge on any atom is 0.205 e. The summed E-state index contributed by atoms with van der Waals surface area (Å²) in [7, 11) is -0.332. The van der Waals surface area contributed by atoms with Crippen molar-refractivity contribution in [2.45, 2.75) is 76.0 Å². The average Bonchev–Trinajstić information content (AvgIpc) is 3.39. The summed E-state index contributed by atoms with van der Waals surface area (Å²) < 4.78 is 20.5. The molecular formula is C29H36N2O5Si. The first-order valence-electron chi connectivity index (χ1n) is 12.8. The highest BCUT2D eigenvalue weighted by Gasteiger charge is 2.66. The molecule has 7 nitrogen and oxygen atoms in total. The van der Waals surface area contributed by atoms with Crippen molar-refractivity contribution in [3.8, 4) is 23.5 Å². The van der Waals surface area contributed by atoms with Gasteiger partial charge in [-0.05, 0) is 37.2 Å². The summed E-state index contributed by atoms with van der Waals surface area (Å²) in [6, 6.07) is 13.2. The van der Waals surface area contributed by atoms with E-state index in [4.69, 9.17) is 13.9 Å². The van der Waals surface area contributed by atoms with E-state index in [2.05, 4.69) is 39.9 Å². The number of hydrogen-bond acceptors (Lipinski definition) is 6. The number of fused-ring (bicyclic) bond motifs is 6. The standard InChI is InChI=1S/C29H36N2O5Si/c1-27(2,3)37(6,7)35-15-14-29-16-22(34-5)28(4,36-29)23-24(29)26(33)31(25(23)32)21-13-12-18(17-30)19-10-8-9-11-20(19)21/h8-13,22,32-33H,14-16H2,1-7H3/t22-,28-,29+/m0/s1. The summed E-state index contributed by atoms with van der Waals surface area (Å²) in [4.78, 5) is 0. The second-order valence-electron chi connectivity index (χ2n) is 12.0. The Balaban J connectivity index is 1.64. The Bertz CT molecular complexity index is 1430. The van der Waals surface area contributed by atoms with Crippen LogP contribution in [0.4, 0.5) is 0 Å². The Hall–Kier alpha value is -2.83. The summed E-state index contributed by atoms with van der Waals surface area (Å²) in [6.07, 6.45) is 0.804. The number of nitriles is 1. The number of nitrogens with zero attached hydrogens (tertiary/aromatic N) is 2. The molecule has 3 atom stereocenters. The third kappa shape index (κ3) is 3.56. The van der Waals surface area contributed by atoms with Gasteiger partial charge in [0.1, 0.15) is 11.2 Å². The van der Waals surface area contributed by atoms with Crippen LogP contribution in [-0.4, -0.2) is 42.9 Å². The first kappa shape index (κ1) is 25.8. The monoisotopic (exact) mass is 520 g/mol. The number of aromatic hydroxyl groups is 2. The Kier molecular flexibility index (Phi) is 5.81. The minimum absolute atomic E-state index is 0.0482. The third-order valence-electron chi connectivity index (χ3n) is 8.93. The highest BCUT2D eigenvalue weighted by atomic mass is 28.4. The van der Waals surface area contributed by atoms with Crippen LogP contribution in [0.3, 0.4) is 0 Å². The van der Waals surface area contributed by atoms with Gasteiger partial charge in [0, 0.05) is 37.3 Å². The van der Waals surface area contributed by atoms with E-state index in [1.54, 1.807) is 19.2 Å². The molecule has 0 unspecified atom stereocenters. The van der Waals surface area contributed by atoms with Crippen molar-refractivity contribution < 1.29 is 24.1 Å². The van der Waals surface area contributed by atoms with Crippen LogP contribution in [0.15, 0.2) is 36.4 Å². The van der Waals surface area contributed by atoms with Crippen LogP contribution in [0.1, 0.15) is 57.2 Å². The Morgan fingerprint density at radius 3 is 2.38 bits per heavy atom. The number of hydrogen-bond donors (Lipinski definition) is 2. The van der Waals surface area contributed by atoms with Crippen molar-refractivity contribution in [1.29, 1.82) is 5.26 Å². The number of ether oxygens (including phenoxy) is 2. The number of aromatic nitrogens is 1. The first-order valence-corrected chi connectivity index (χ1v) is 15.7. The molecule has 0 aliphatic carbocycles. The van der Waals surface area contributed by atoms with Crippen molar-refractivity contribution in [3.05, 3.63) is 53.1 Å². The average molecular weight is 521 g/mol. The fraction of sp³-hybridized carbons (Fsp3) is 0.483. The van der Waals surface area contributed by atoms with Crippen molar-refractivity contribution in [2.24, 2.45) is 0 Å². The first-order chi connectivity index (χ1) is 17.3. The lowest BCUT2D eigenvalue weighted by molar-refractivity contribution is -0.113. The van der Waals surface area contributed by atoms with E-state index in [1.807, 2.05) is 31.2 Å². The van der Waals surface area contributed by atoms with E-state index < -0.39 is 19.5 Å². The van der Waals surface area contributed by atoms with Gasteiger partial charge in [0.05, 0.1) is 34.6 Å². The van der Waals surface area contributed by atoms with E-state index in [0.29, 0.717) is 41.8 Å². The van der Waals surface area contributed by atoms with Crippen molar-refractivity contribution in [3.63, 3.8) is 0 Å². The van der Waals surface area contributed by atoms with Gasteiger partial charge < -0.3 is 24.1 Å². The number of methoxy groups -OCH3 is 1. The highest BCUT2D eigenvalue weighted by molar-refractivity contribution is 6.74. The van der Waals surface area contributed by atoms with Crippen LogP contribution in [0.25, 0.3) is 16.5 Å². The molecule has 2 aliphatic heterocycles. The molecular weight excluding hydrogens is 484 g/mol. The van der Waals surface area contributed by atoms with E-state index in [1.165, 1.54) is 4.57 Å². The maximum absolute atomic E-state index is 11.7. The maximum atomic E-state index is 11.7. The van der Waals surface area contributed by atoms with E-state index in [-0.39, 0.29) is 22.9 Å². The summed E-state index contributed by atoms with van der Waals surface area (Å²) in [5, 5.41) is 34.5. The predicted molar refractivity (Wildman–Crippen MR) is 145 cm³/mol. The molecule has 3 aromatic rings. The highest BCUT2D eigenvalue weighted by Crippen LogP contribution is 2.66. The van der Waals surface area contributed by atoms with Gasteiger partial charge in [-0.1, -0.05) is 45.0 Å². The molecule has 1 saturated heterocycles. The number of benzene rings is 2. The van der Waals surface area contributed by atoms with Crippen LogP contribution in [0.5, 0.6) is 11.8 Å². The van der Waals surface area contributed by atoms with Crippen molar-refractivity contribution >= 4 is 19.1 Å². The molecule has 0 amide bonds. The molecule has 0 radical (unpaired) electrons. The Morgan fingerprint density at radius 1 is 1.11 bits per heavy atom. The topological polar surface area (TPSA) is 96.9 Å². The molecule has 2 aliphatic rings. The normalized spacial score (nSPS) is 25.0. The van der Waals surface area contributed by atoms with Gasteiger partial charge in [-0.25, -0.2) is 0 Å². The predicted octanol–water partition coefficient (Wildman–Crippen LogP) is 6.18. The van der Waals surface area contributed by atoms with Gasteiger partial charge in [0.15, 0.2) is 8.32 Å². The molecule has 2 aromatic carbocycles. The van der Waals surface area contributed by atoms with Crippen molar-refractivity contribution in [2.75, 3.05) is 13.7 Å². The van der Waals surface area contributed by atoms with Crippen LogP contribution in [-0.2, 0) is 25.1 Å². The molecule has 37 heavy (non-hydrogen) atoms. The summed E-state index contributed by atoms with van der Waals surface area (Å²) in [5.41, 5.74) is 0.533. The van der Waals surface area contributed by atoms with Crippen LogP contribution in [0.2, 0.25) is 18.1 Å². The minimum atomic E-state index is -1.99. The minimum Gasteiger partial charge on any atom is -0.494 e. The molecule has 1 fully saturated rings. The van der Waals surface area contributed by atoms with E-state index in [9.17, 15) is 15.5 Å². The van der Waals surface area contributed by atoms with E-state index >= 15 is 0 Å². The molecule has 2 N–H and O–H groups in total. The van der Waals surface area contributed by atoms with Gasteiger partial charge in [-0.3, -0.25) is 4.57 Å². The van der Waals surface area contributed by atoms with Crippen LogP contribution >= 0.6 is 0 Å². The lowest BCUT2D eigenvalue weighted by Gasteiger charge is -2.37. The van der Waals surface area contributed by atoms with Crippen LogP contribution < -0.4 is 0 Å². The van der Waals surface area contributed by atoms with E-state index in [0.717, 1.165) is 10.8 Å². The quantitative estimate of drug-likeness (QED) is 0.377. The lowest BCUT2D eigenvalue weighted by Crippen LogP contribution is -2.42. The van der Waals surface area contributed by atoms with Gasteiger partial charge in [-0.15, -0.1) is 0 Å². The SMILES string of the molecule is CO[C@H]1C[C@@]2(CCO[Si](C)(C)C(C)(C)C)O[C@]1(C)c1c2c(O)n(-c2ccc(C#N)c3ccccc23)c1O. The third-order valence-corrected chi connectivity index (χ3v) is 13.5. The molecule has 8 heteroatoms. The molecule has 0 spiro atoms. The Morgan fingerprint density at radius 2 is 1.76 bits per heavy atom. The zero-order valence-electron chi connectivity index (χ0n) is 22.7. The summed E-state index contributed by atoms with van der Waals surface area (Å²) >= 11 is 0. The molecule has 5 rings (SSSR count). The van der Waals surface area contributed by atoms with Gasteiger partial charge in [0.25, 0.3) is 0 Å². The lowest BCUT2D eigenvalue weighted by atomic mass is 9.76. The van der Waals surface area contributed by atoms with Gasteiger partial charge in [0.2, 0.25) is 11.8 Å². The fourth-order valence-electron chi connectivity index (χ4n) is 5.90. The zero-order valence-corrected chi connectivity index (χ0v) is 23.7. The number of rotatable bonds is 6. The second kappa shape index (κ2) is 8.33. The molecule has 196 valence electrons. The van der Waals surface area contributed by atoms with Gasteiger partial charge in [-0.2, -0.15) is 5.26 Å². The molecule has 0 saturated carbocycles. The zero-order chi connectivity index (χ0) is 27.0. The summed E-state index contributed by atoms with van der Waals surface area (Å²) in [6.45, 7) is 13.5. The fourth-order valence-corrected chi connectivity index (χ4v) is 6.94. The molecule has 3 heterocycles. The Labute approximate surface area is 219 Å². The van der Waals surface area contributed by atoms with Crippen molar-refractivity contribution in [1.82, 2.24) is 4.57 Å². The van der Waals surface area contributed by atoms with Crippen LogP contribution in [0, 0.1) is 11.3 Å². The van der Waals surface area contributed by atoms with Gasteiger partial charge >= 0.3 is 0 Å². The molecule has 2 bridgehead atoms. The second-order valence-corrected chi connectivity index (χ2v) is 16.8. The summed E-state index contributed by atoms with van der Waals surface area (Å²) in [5.74, 6) is -0.119. The molecule has 1 aromatic heterocycles.